The minimum absolute atomic E-state index is 0.0487. The number of ketones is 2. The molecule has 2 nitrogen and oxygen atoms in total. The summed E-state index contributed by atoms with van der Waals surface area (Å²) < 4.78 is 0. The van der Waals surface area contributed by atoms with Crippen molar-refractivity contribution in [3.8, 4) is 0 Å². The van der Waals surface area contributed by atoms with E-state index < -0.39 is 7.26 Å². The van der Waals surface area contributed by atoms with Crippen LogP contribution in [0.25, 0.3) is 0 Å². The Morgan fingerprint density at radius 1 is 0.500 bits per heavy atom. The van der Waals surface area contributed by atoms with Crippen molar-refractivity contribution in [1.29, 1.82) is 0 Å². The van der Waals surface area contributed by atoms with Crippen LogP contribution in [-0.2, 0) is 0 Å². The lowest BCUT2D eigenvalue weighted by molar-refractivity contribution is 0.0985. The van der Waals surface area contributed by atoms with Crippen molar-refractivity contribution in [3.63, 3.8) is 0 Å². The van der Waals surface area contributed by atoms with Crippen molar-refractivity contribution in [1.82, 2.24) is 0 Å². The summed E-state index contributed by atoms with van der Waals surface area (Å²) in [7, 11) is -2.24. The minimum atomic E-state index is -2.24. The van der Waals surface area contributed by atoms with Gasteiger partial charge in [-0.15, -0.1) is 0 Å². The molecule has 0 aliphatic heterocycles. The van der Waals surface area contributed by atoms with Gasteiger partial charge in [0.05, 0.1) is 0 Å². The Labute approximate surface area is 188 Å². The number of allylic oxidation sites excluding steroid dienone is 2. The summed E-state index contributed by atoms with van der Waals surface area (Å²) in [5.41, 5.74) is 1.57. The fourth-order valence-corrected chi connectivity index (χ4v) is 8.74. The van der Waals surface area contributed by atoms with Crippen molar-refractivity contribution in [2.24, 2.45) is 0 Å². The monoisotopic (exact) mass is 433 g/mol. The molecule has 0 atom stereocenters. The summed E-state index contributed by atoms with van der Waals surface area (Å²) in [5.74, 6) is -0.144. The Hall–Kier alpha value is -3.61. The maximum Gasteiger partial charge on any atom is 0.193 e. The first-order valence-corrected chi connectivity index (χ1v) is 12.6. The van der Waals surface area contributed by atoms with Crippen LogP contribution < -0.4 is 15.9 Å². The van der Waals surface area contributed by atoms with Crippen LogP contribution >= 0.6 is 7.26 Å². The first kappa shape index (κ1) is 20.3. The number of rotatable bonds is 5. The molecule has 0 radical (unpaired) electrons. The Morgan fingerprint density at radius 2 is 0.906 bits per heavy atom. The molecule has 3 heteroatoms. The van der Waals surface area contributed by atoms with Crippen LogP contribution in [0, 0.1) is 0 Å². The van der Waals surface area contributed by atoms with Crippen LogP contribution in [0.1, 0.15) is 20.7 Å². The number of benzene rings is 4. The third kappa shape index (κ3) is 3.43. The molecule has 5 rings (SSSR count). The van der Waals surface area contributed by atoms with Gasteiger partial charge in [-0.1, -0.05) is 78.9 Å². The highest BCUT2D eigenvalue weighted by Crippen LogP contribution is 2.57. The van der Waals surface area contributed by atoms with E-state index in [1.807, 2.05) is 60.7 Å². The molecule has 0 spiro atoms. The second-order valence-corrected chi connectivity index (χ2v) is 11.4. The quantitative estimate of drug-likeness (QED) is 0.416. The second-order valence-electron chi connectivity index (χ2n) is 7.88. The topological polar surface area (TPSA) is 34.1 Å². The van der Waals surface area contributed by atoms with E-state index in [4.69, 9.17) is 0 Å². The van der Waals surface area contributed by atoms with E-state index in [2.05, 4.69) is 36.4 Å². The molecule has 0 unspecified atom stereocenters. The van der Waals surface area contributed by atoms with E-state index in [-0.39, 0.29) is 11.6 Å². The van der Waals surface area contributed by atoms with Crippen molar-refractivity contribution in [3.05, 3.63) is 138 Å². The number of hydrogen-bond donors (Lipinski definition) is 0. The van der Waals surface area contributed by atoms with Gasteiger partial charge in [-0.05, 0) is 42.5 Å². The van der Waals surface area contributed by atoms with Gasteiger partial charge in [0, 0.05) is 16.7 Å². The highest BCUT2D eigenvalue weighted by molar-refractivity contribution is 7.95. The lowest BCUT2D eigenvalue weighted by atomic mass is 9.90. The van der Waals surface area contributed by atoms with E-state index in [0.29, 0.717) is 22.9 Å². The van der Waals surface area contributed by atoms with Crippen LogP contribution in [-0.4, -0.2) is 17.7 Å². The van der Waals surface area contributed by atoms with Crippen LogP contribution in [0.5, 0.6) is 0 Å². The Bertz CT molecular complexity index is 1210. The van der Waals surface area contributed by atoms with Crippen LogP contribution in [0.2, 0.25) is 0 Å². The summed E-state index contributed by atoms with van der Waals surface area (Å²) in [5, 5.41) is 3.58. The van der Waals surface area contributed by atoms with Gasteiger partial charge in [-0.2, -0.15) is 0 Å². The van der Waals surface area contributed by atoms with E-state index in [0.717, 1.165) is 0 Å². The fraction of sp³-hybridized carbons (Fsp3) is 0.0345. The van der Waals surface area contributed by atoms with Gasteiger partial charge in [-0.3, -0.25) is 9.59 Å². The minimum Gasteiger partial charge on any atom is -0.289 e. The molecule has 32 heavy (non-hydrogen) atoms. The van der Waals surface area contributed by atoms with Crippen LogP contribution in [0.3, 0.4) is 0 Å². The lowest BCUT2D eigenvalue weighted by Crippen LogP contribution is -2.35. The molecule has 4 aromatic carbocycles. The van der Waals surface area contributed by atoms with Gasteiger partial charge in [0.2, 0.25) is 0 Å². The zero-order valence-corrected chi connectivity index (χ0v) is 18.4. The molecule has 1 aliphatic carbocycles. The van der Waals surface area contributed by atoms with Crippen molar-refractivity contribution < 1.29 is 9.59 Å². The summed E-state index contributed by atoms with van der Waals surface area (Å²) in [6.07, 6.45) is 2.07. The third-order valence-electron chi connectivity index (χ3n) is 6.03. The SMILES string of the molecule is O=C1C=C(C[P+](c2ccccc2)(c2ccccc2)c2ccccc2)C(=O)c2ccccc21. The summed E-state index contributed by atoms with van der Waals surface area (Å²) in [6, 6.07) is 38.4. The number of Topliss-reactive ketones (excluding diaryl/α,β-unsaturated/α-hetero) is 1. The average molecular weight is 433 g/mol. The van der Waals surface area contributed by atoms with Crippen molar-refractivity contribution >= 4 is 34.7 Å². The Balaban J connectivity index is 1.75. The fourth-order valence-electron chi connectivity index (χ4n) is 4.51. The molecular formula is C29H22O2P+. The normalized spacial score (nSPS) is 13.4. The maximum atomic E-state index is 13.5. The molecular weight excluding hydrogens is 411 g/mol. The predicted molar refractivity (Wildman–Crippen MR) is 133 cm³/mol. The van der Waals surface area contributed by atoms with Gasteiger partial charge in [0.25, 0.3) is 0 Å². The number of carbonyl (C=O) groups is 2. The van der Waals surface area contributed by atoms with Gasteiger partial charge >= 0.3 is 0 Å². The van der Waals surface area contributed by atoms with Gasteiger partial charge in [0.15, 0.2) is 11.6 Å². The molecule has 154 valence electrons. The van der Waals surface area contributed by atoms with Gasteiger partial charge < -0.3 is 0 Å². The summed E-state index contributed by atoms with van der Waals surface area (Å²) >= 11 is 0. The molecule has 0 bridgehead atoms. The van der Waals surface area contributed by atoms with Gasteiger partial charge in [-0.25, -0.2) is 0 Å². The smallest absolute Gasteiger partial charge is 0.193 e. The molecule has 1 aliphatic rings. The predicted octanol–water partition coefficient (Wildman–Crippen LogP) is 4.99. The lowest BCUT2D eigenvalue weighted by Gasteiger charge is -2.29. The largest absolute Gasteiger partial charge is 0.289 e. The highest BCUT2D eigenvalue weighted by Gasteiger charge is 2.47. The number of fused-ring (bicyclic) bond motifs is 1. The Morgan fingerprint density at radius 3 is 1.38 bits per heavy atom. The molecule has 4 aromatic rings. The van der Waals surface area contributed by atoms with E-state index in [1.54, 1.807) is 24.3 Å². The highest BCUT2D eigenvalue weighted by atomic mass is 31.2. The van der Waals surface area contributed by atoms with Gasteiger partial charge in [0.1, 0.15) is 29.3 Å². The average Bonchev–Trinajstić information content (AvgIpc) is 2.87. The van der Waals surface area contributed by atoms with Crippen LogP contribution in [0.15, 0.2) is 127 Å². The first-order chi connectivity index (χ1) is 15.7. The molecule has 0 saturated heterocycles. The van der Waals surface area contributed by atoms with Crippen molar-refractivity contribution in [2.45, 2.75) is 0 Å². The van der Waals surface area contributed by atoms with E-state index in [9.17, 15) is 9.59 Å². The zero-order valence-electron chi connectivity index (χ0n) is 17.5. The molecule has 0 amide bonds. The van der Waals surface area contributed by atoms with E-state index >= 15 is 0 Å². The second kappa shape index (κ2) is 8.49. The van der Waals surface area contributed by atoms with Crippen LogP contribution in [0.4, 0.5) is 0 Å². The maximum absolute atomic E-state index is 13.5. The zero-order chi connectivity index (χ0) is 22.0. The number of hydrogen-bond acceptors (Lipinski definition) is 2. The third-order valence-corrected chi connectivity index (χ3v) is 10.4. The molecule has 0 fully saturated rings. The Kier molecular flexibility index (Phi) is 5.39. The van der Waals surface area contributed by atoms with E-state index in [1.165, 1.54) is 15.9 Å². The standard InChI is InChI=1S/C29H22O2P/c30-28-20-22(29(31)27-19-11-10-18-26(27)28)21-32(23-12-4-1-5-13-23,24-14-6-2-7-15-24)25-16-8-3-9-17-25/h1-20H,21H2/q+1. The molecule has 0 saturated carbocycles. The van der Waals surface area contributed by atoms with Crippen molar-refractivity contribution in [2.75, 3.05) is 6.16 Å². The number of carbonyl (C=O) groups excluding carboxylic acids is 2. The summed E-state index contributed by atoms with van der Waals surface area (Å²) in [6.45, 7) is 0. The molecule has 0 aromatic heterocycles. The first-order valence-electron chi connectivity index (χ1n) is 10.6. The molecule has 0 heterocycles. The summed E-state index contributed by atoms with van der Waals surface area (Å²) in [4.78, 5) is 26.5. The molecule has 0 N–H and O–H groups in total.